The Labute approximate surface area is 182 Å². The highest BCUT2D eigenvalue weighted by atomic mass is 17.2. The maximum absolute atomic E-state index is 11.6. The number of nitrogens with zero attached hydrogens (tertiary/aromatic N) is 1. The van der Waals surface area contributed by atoms with E-state index < -0.39 is 0 Å². The van der Waals surface area contributed by atoms with Gasteiger partial charge in [0, 0.05) is 6.42 Å². The Morgan fingerprint density at radius 2 is 1.00 bits per heavy atom. The van der Waals surface area contributed by atoms with Gasteiger partial charge in [-0.1, -0.05) is 110 Å². The van der Waals surface area contributed by atoms with Gasteiger partial charge in [-0.2, -0.15) is 4.89 Å². The van der Waals surface area contributed by atoms with Gasteiger partial charge in [-0.3, -0.25) is 4.89 Å². The molecule has 0 rings (SSSR count). The zero-order chi connectivity index (χ0) is 21.6. The van der Waals surface area contributed by atoms with Gasteiger partial charge in [0.15, 0.2) is 0 Å². The molecular weight excluding hydrogens is 362 g/mol. The molecule has 0 aromatic rings. The number of unbranched alkanes of at least 4 members (excludes halogenated alkanes) is 16. The molecule has 174 valence electrons. The molecule has 0 fully saturated rings. The molecule has 0 amide bonds. The quantitative estimate of drug-likeness (QED) is 0.0812. The third kappa shape index (κ3) is 25.4. The van der Waals surface area contributed by atoms with Gasteiger partial charge in [0.1, 0.15) is 13.2 Å². The Morgan fingerprint density at radius 1 is 0.621 bits per heavy atom. The van der Waals surface area contributed by atoms with Gasteiger partial charge in [0.25, 0.3) is 0 Å². The average Bonchev–Trinajstić information content (AvgIpc) is 2.67. The Balaban J connectivity index is 3.15. The summed E-state index contributed by atoms with van der Waals surface area (Å²) in [5.74, 6) is -0.229. The Bertz CT molecular complexity index is 352. The van der Waals surface area contributed by atoms with E-state index in [9.17, 15) is 4.79 Å². The molecule has 0 radical (unpaired) electrons. The summed E-state index contributed by atoms with van der Waals surface area (Å²) in [5, 5.41) is 0. The molecule has 4 nitrogen and oxygen atoms in total. The predicted octanol–water partition coefficient (Wildman–Crippen LogP) is 7.21. The number of hydrogen-bond donors (Lipinski definition) is 0. The van der Waals surface area contributed by atoms with Crippen LogP contribution in [0, 0.1) is 0 Å². The van der Waals surface area contributed by atoms with Crippen molar-refractivity contribution in [3.05, 3.63) is 0 Å². The van der Waals surface area contributed by atoms with E-state index in [-0.39, 0.29) is 5.97 Å². The number of carbonyl (C=O) groups excluding carboxylic acids is 1. The van der Waals surface area contributed by atoms with E-state index in [0.29, 0.717) is 13.0 Å². The van der Waals surface area contributed by atoms with Gasteiger partial charge in [-0.25, -0.2) is 4.79 Å². The Morgan fingerprint density at radius 3 is 1.38 bits per heavy atom. The van der Waals surface area contributed by atoms with Gasteiger partial charge in [-0.05, 0) is 6.42 Å². The lowest BCUT2D eigenvalue weighted by molar-refractivity contribution is -0.871. The first kappa shape index (κ1) is 28.4. The third-order valence-electron chi connectivity index (χ3n) is 5.48. The first-order chi connectivity index (χ1) is 14.0. The molecule has 0 bridgehead atoms. The van der Waals surface area contributed by atoms with Crippen molar-refractivity contribution in [1.82, 2.24) is 0 Å². The van der Waals surface area contributed by atoms with Crippen molar-refractivity contribution in [2.75, 3.05) is 34.3 Å². The van der Waals surface area contributed by atoms with Gasteiger partial charge in [0.2, 0.25) is 0 Å². The molecule has 0 heterocycles. The van der Waals surface area contributed by atoms with Gasteiger partial charge in [-0.15, -0.1) is 0 Å². The van der Waals surface area contributed by atoms with E-state index in [1.807, 2.05) is 0 Å². The minimum absolute atomic E-state index is 0.229. The van der Waals surface area contributed by atoms with Crippen molar-refractivity contribution < 1.29 is 19.1 Å². The molecule has 0 aliphatic carbocycles. The second-order valence-corrected chi connectivity index (χ2v) is 9.70. The summed E-state index contributed by atoms with van der Waals surface area (Å²) < 4.78 is 0.802. The van der Waals surface area contributed by atoms with E-state index in [0.717, 1.165) is 23.9 Å². The number of quaternary nitrogens is 1. The van der Waals surface area contributed by atoms with Crippen molar-refractivity contribution in [2.24, 2.45) is 0 Å². The van der Waals surface area contributed by atoms with E-state index in [1.165, 1.54) is 96.3 Å². The molecular formula is C25H52NO3+. The predicted molar refractivity (Wildman–Crippen MR) is 124 cm³/mol. The number of carbonyl (C=O) groups is 1. The van der Waals surface area contributed by atoms with Gasteiger partial charge < -0.3 is 4.48 Å². The number of rotatable bonds is 22. The van der Waals surface area contributed by atoms with Crippen molar-refractivity contribution >= 4 is 5.97 Å². The fraction of sp³-hybridized carbons (Fsp3) is 0.960. The van der Waals surface area contributed by atoms with Crippen LogP contribution >= 0.6 is 0 Å². The lowest BCUT2D eigenvalue weighted by Gasteiger charge is -2.22. The molecule has 0 N–H and O–H groups in total. The Kier molecular flexibility index (Phi) is 20.2. The smallest absolute Gasteiger partial charge is 0.329 e. The SMILES string of the molecule is CCCCCCCCCCCCCCCCCCCC(=O)OOCC[N+](C)(C)C. The Hall–Kier alpha value is -0.610. The standard InChI is InChI=1S/C25H52NO3/c1-5-6-7-8-9-10-11-12-13-14-15-16-17-18-19-20-21-22-25(27)29-28-24-23-26(2,3)4/h5-24H2,1-4H3/q+1. The van der Waals surface area contributed by atoms with Crippen LogP contribution in [-0.4, -0.2) is 44.7 Å². The monoisotopic (exact) mass is 414 g/mol. The van der Waals surface area contributed by atoms with Crippen molar-refractivity contribution in [3.63, 3.8) is 0 Å². The molecule has 4 heteroatoms. The molecule has 0 aromatic carbocycles. The normalized spacial score (nSPS) is 11.7. The minimum atomic E-state index is -0.229. The summed E-state index contributed by atoms with van der Waals surface area (Å²) in [4.78, 5) is 21.4. The molecule has 0 unspecified atom stereocenters. The first-order valence-corrected chi connectivity index (χ1v) is 12.6. The highest BCUT2D eigenvalue weighted by Crippen LogP contribution is 2.14. The van der Waals surface area contributed by atoms with Crippen LogP contribution < -0.4 is 0 Å². The first-order valence-electron chi connectivity index (χ1n) is 12.6. The maximum atomic E-state index is 11.6. The fourth-order valence-corrected chi connectivity index (χ4v) is 3.45. The topological polar surface area (TPSA) is 35.5 Å². The molecule has 0 atom stereocenters. The van der Waals surface area contributed by atoms with Gasteiger partial charge >= 0.3 is 5.97 Å². The lowest BCUT2D eigenvalue weighted by Crippen LogP contribution is -2.37. The summed E-state index contributed by atoms with van der Waals surface area (Å²) in [6.07, 6.45) is 23.4. The van der Waals surface area contributed by atoms with E-state index in [1.54, 1.807) is 0 Å². The summed E-state index contributed by atoms with van der Waals surface area (Å²) in [7, 11) is 6.26. The van der Waals surface area contributed by atoms with Crippen molar-refractivity contribution in [2.45, 2.75) is 122 Å². The van der Waals surface area contributed by atoms with Crippen LogP contribution in [0.1, 0.15) is 122 Å². The van der Waals surface area contributed by atoms with Crippen LogP contribution in [0.4, 0.5) is 0 Å². The molecule has 0 saturated carbocycles. The molecule has 29 heavy (non-hydrogen) atoms. The maximum Gasteiger partial charge on any atom is 0.342 e. The molecule has 0 aliphatic rings. The lowest BCUT2D eigenvalue weighted by atomic mass is 10.0. The molecule has 0 spiro atoms. The number of likely N-dealkylation sites (N-methyl/N-ethyl adjacent to an activating group) is 1. The summed E-state index contributed by atoms with van der Waals surface area (Å²) >= 11 is 0. The van der Waals surface area contributed by atoms with E-state index in [2.05, 4.69) is 28.1 Å². The highest BCUT2D eigenvalue weighted by Gasteiger charge is 2.08. The minimum Gasteiger partial charge on any atom is -0.329 e. The third-order valence-corrected chi connectivity index (χ3v) is 5.48. The van der Waals surface area contributed by atoms with Gasteiger partial charge in [0.05, 0.1) is 21.1 Å². The largest absolute Gasteiger partial charge is 0.342 e. The van der Waals surface area contributed by atoms with Crippen molar-refractivity contribution in [3.8, 4) is 0 Å². The zero-order valence-electron chi connectivity index (χ0n) is 20.3. The number of hydrogen-bond acceptors (Lipinski definition) is 3. The average molecular weight is 415 g/mol. The van der Waals surface area contributed by atoms with E-state index >= 15 is 0 Å². The molecule has 0 aliphatic heterocycles. The zero-order valence-corrected chi connectivity index (χ0v) is 20.3. The molecule has 0 saturated heterocycles. The van der Waals surface area contributed by atoms with Crippen LogP contribution in [-0.2, 0) is 14.6 Å². The van der Waals surface area contributed by atoms with Crippen LogP contribution in [0.2, 0.25) is 0 Å². The fourth-order valence-electron chi connectivity index (χ4n) is 3.45. The van der Waals surface area contributed by atoms with Crippen molar-refractivity contribution in [1.29, 1.82) is 0 Å². The van der Waals surface area contributed by atoms with Crippen LogP contribution in [0.5, 0.6) is 0 Å². The van der Waals surface area contributed by atoms with Crippen LogP contribution in [0.15, 0.2) is 0 Å². The molecule has 0 aromatic heterocycles. The summed E-state index contributed by atoms with van der Waals surface area (Å²) in [5.41, 5.74) is 0. The van der Waals surface area contributed by atoms with E-state index in [4.69, 9.17) is 9.78 Å². The highest BCUT2D eigenvalue weighted by molar-refractivity contribution is 5.68. The summed E-state index contributed by atoms with van der Waals surface area (Å²) in [6, 6.07) is 0. The second kappa shape index (κ2) is 20.7. The van der Waals surface area contributed by atoms with Crippen LogP contribution in [0.25, 0.3) is 0 Å². The second-order valence-electron chi connectivity index (χ2n) is 9.70. The van der Waals surface area contributed by atoms with Crippen LogP contribution in [0.3, 0.4) is 0 Å². The summed E-state index contributed by atoms with van der Waals surface area (Å²) in [6.45, 7) is 3.56.